The Balaban J connectivity index is 1.78. The molecule has 0 bridgehead atoms. The van der Waals surface area contributed by atoms with Crippen molar-refractivity contribution in [3.8, 4) is 0 Å². The molecule has 0 spiro atoms. The van der Waals surface area contributed by atoms with Crippen LogP contribution in [0.3, 0.4) is 0 Å². The van der Waals surface area contributed by atoms with Crippen molar-refractivity contribution in [3.05, 3.63) is 65.2 Å². The zero-order valence-electron chi connectivity index (χ0n) is 12.3. The van der Waals surface area contributed by atoms with E-state index in [9.17, 15) is 14.0 Å². The summed E-state index contributed by atoms with van der Waals surface area (Å²) in [6.45, 7) is 1.83. The van der Waals surface area contributed by atoms with Crippen molar-refractivity contribution in [3.63, 3.8) is 0 Å². The third kappa shape index (κ3) is 3.34. The Bertz CT molecular complexity index is 734. The minimum atomic E-state index is -0.402. The summed E-state index contributed by atoms with van der Waals surface area (Å²) < 4.78 is 13.0. The highest BCUT2D eigenvalue weighted by Gasteiger charge is 2.34. The van der Waals surface area contributed by atoms with Crippen LogP contribution in [0.2, 0.25) is 0 Å². The van der Waals surface area contributed by atoms with Crippen LogP contribution in [0, 0.1) is 12.7 Å². The fourth-order valence-corrected chi connectivity index (χ4v) is 3.30. The van der Waals surface area contributed by atoms with Gasteiger partial charge in [-0.2, -0.15) is 0 Å². The molecule has 1 unspecified atom stereocenters. The Morgan fingerprint density at radius 3 is 2.70 bits per heavy atom. The number of carbonyl (C=O) groups is 2. The fraction of sp³-hybridized carbons (Fsp3) is 0.188. The normalized spacial score (nSPS) is 17.4. The minimum Gasteiger partial charge on any atom is -0.272 e. The Hall–Kier alpha value is -2.41. The summed E-state index contributed by atoms with van der Waals surface area (Å²) in [7, 11) is 0. The number of carbonyl (C=O) groups excluding carboxylic acids is 2. The van der Waals surface area contributed by atoms with Gasteiger partial charge in [0.05, 0.1) is 11.3 Å². The lowest BCUT2D eigenvalue weighted by molar-refractivity contribution is -0.130. The maximum atomic E-state index is 13.0. The van der Waals surface area contributed by atoms with Crippen molar-refractivity contribution in [2.75, 3.05) is 5.75 Å². The lowest BCUT2D eigenvalue weighted by Gasteiger charge is -2.24. The van der Waals surface area contributed by atoms with Gasteiger partial charge in [-0.15, -0.1) is 11.8 Å². The molecule has 2 amide bonds. The van der Waals surface area contributed by atoms with Gasteiger partial charge >= 0.3 is 0 Å². The zero-order valence-corrected chi connectivity index (χ0v) is 13.1. The largest absolute Gasteiger partial charge is 0.272 e. The molecule has 1 aliphatic rings. The smallest absolute Gasteiger partial charge is 0.271 e. The van der Waals surface area contributed by atoms with Gasteiger partial charge in [-0.3, -0.25) is 20.0 Å². The van der Waals surface area contributed by atoms with Gasteiger partial charge in [0.1, 0.15) is 11.2 Å². The van der Waals surface area contributed by atoms with Gasteiger partial charge in [-0.25, -0.2) is 9.40 Å². The topological polar surface area (TPSA) is 62.3 Å². The van der Waals surface area contributed by atoms with Crippen LogP contribution in [-0.2, 0) is 4.79 Å². The van der Waals surface area contributed by atoms with E-state index in [1.807, 2.05) is 6.92 Å². The van der Waals surface area contributed by atoms with Crippen molar-refractivity contribution < 1.29 is 14.0 Å². The summed E-state index contributed by atoms with van der Waals surface area (Å²) in [5.74, 6) is -0.684. The van der Waals surface area contributed by atoms with Crippen molar-refractivity contribution in [2.24, 2.45) is 0 Å². The van der Waals surface area contributed by atoms with E-state index >= 15 is 0 Å². The van der Waals surface area contributed by atoms with Crippen molar-refractivity contribution in [1.29, 1.82) is 0 Å². The van der Waals surface area contributed by atoms with Gasteiger partial charge in [0.15, 0.2) is 0 Å². The van der Waals surface area contributed by atoms with E-state index in [1.54, 1.807) is 24.3 Å². The molecular formula is C16H14FN3O2S. The number of halogens is 1. The van der Waals surface area contributed by atoms with E-state index < -0.39 is 5.91 Å². The first-order valence-electron chi connectivity index (χ1n) is 6.97. The second-order valence-corrected chi connectivity index (χ2v) is 6.18. The number of hydrazine groups is 1. The van der Waals surface area contributed by atoms with E-state index in [1.165, 1.54) is 35.1 Å². The van der Waals surface area contributed by atoms with Crippen LogP contribution in [0.5, 0.6) is 0 Å². The fourth-order valence-electron chi connectivity index (χ4n) is 2.19. The highest BCUT2D eigenvalue weighted by Crippen LogP contribution is 2.37. The van der Waals surface area contributed by atoms with Crippen LogP contribution >= 0.6 is 11.8 Å². The molecule has 5 nitrogen and oxygen atoms in total. The molecule has 1 N–H and O–H groups in total. The number of aromatic nitrogens is 1. The Morgan fingerprint density at radius 1 is 1.30 bits per heavy atom. The number of aryl methyl sites for hydroxylation is 1. The predicted octanol–water partition coefficient (Wildman–Crippen LogP) is 2.45. The van der Waals surface area contributed by atoms with Crippen LogP contribution in [0.25, 0.3) is 0 Å². The van der Waals surface area contributed by atoms with Crippen molar-refractivity contribution >= 4 is 23.6 Å². The van der Waals surface area contributed by atoms with Crippen molar-refractivity contribution in [1.82, 2.24) is 15.4 Å². The second kappa shape index (κ2) is 6.37. The summed E-state index contributed by atoms with van der Waals surface area (Å²) >= 11 is 1.38. The summed E-state index contributed by atoms with van der Waals surface area (Å²) in [4.78, 5) is 28.4. The van der Waals surface area contributed by atoms with Crippen LogP contribution in [0.4, 0.5) is 4.39 Å². The molecule has 1 aromatic carbocycles. The number of thioether (sulfide) groups is 1. The molecule has 2 aromatic rings. The van der Waals surface area contributed by atoms with Gasteiger partial charge < -0.3 is 0 Å². The van der Waals surface area contributed by atoms with E-state index in [4.69, 9.17) is 0 Å². The first-order chi connectivity index (χ1) is 11.0. The molecule has 23 heavy (non-hydrogen) atoms. The second-order valence-electron chi connectivity index (χ2n) is 5.11. The molecule has 7 heteroatoms. The third-order valence-corrected chi connectivity index (χ3v) is 4.63. The quantitative estimate of drug-likeness (QED) is 0.938. The monoisotopic (exact) mass is 331 g/mol. The number of rotatable bonds is 3. The first kappa shape index (κ1) is 15.5. The summed E-state index contributed by atoms with van der Waals surface area (Å²) in [6, 6.07) is 9.27. The third-order valence-electron chi connectivity index (χ3n) is 3.42. The van der Waals surface area contributed by atoms with E-state index in [0.717, 1.165) is 11.3 Å². The predicted molar refractivity (Wildman–Crippen MR) is 84.9 cm³/mol. The zero-order chi connectivity index (χ0) is 16.4. The molecule has 1 aromatic heterocycles. The number of nitrogens with one attached hydrogen (secondary N) is 1. The Labute approximate surface area is 136 Å². The van der Waals surface area contributed by atoms with Crippen LogP contribution < -0.4 is 5.43 Å². The highest BCUT2D eigenvalue weighted by molar-refractivity contribution is 8.00. The number of pyridine rings is 1. The lowest BCUT2D eigenvalue weighted by atomic mass is 10.2. The molecule has 0 aliphatic carbocycles. The minimum absolute atomic E-state index is 0.197. The molecular weight excluding hydrogens is 317 g/mol. The molecule has 1 aliphatic heterocycles. The molecule has 0 saturated carbocycles. The highest BCUT2D eigenvalue weighted by atomic mass is 32.2. The summed E-state index contributed by atoms with van der Waals surface area (Å²) in [5, 5.41) is 0.922. The summed E-state index contributed by atoms with van der Waals surface area (Å²) in [6.07, 6.45) is 1.46. The van der Waals surface area contributed by atoms with Gasteiger partial charge in [0.25, 0.3) is 11.8 Å². The number of hydrogen-bond acceptors (Lipinski definition) is 4. The maximum Gasteiger partial charge on any atom is 0.271 e. The maximum absolute atomic E-state index is 13.0. The van der Waals surface area contributed by atoms with Gasteiger partial charge in [-0.1, -0.05) is 12.1 Å². The van der Waals surface area contributed by atoms with E-state index in [2.05, 4.69) is 10.4 Å². The standard InChI is InChI=1S/C16H14FN3O2S/c1-10-2-3-12(8-18-10)15(22)19-20-14(21)9-23-16(20)11-4-6-13(17)7-5-11/h2-8,16H,9H2,1H3,(H,19,22). The van der Waals surface area contributed by atoms with Crippen molar-refractivity contribution in [2.45, 2.75) is 12.3 Å². The molecule has 3 rings (SSSR count). The number of amides is 2. The first-order valence-corrected chi connectivity index (χ1v) is 8.02. The average molecular weight is 331 g/mol. The van der Waals surface area contributed by atoms with Crippen LogP contribution in [0.1, 0.15) is 27.0 Å². The lowest BCUT2D eigenvalue weighted by Crippen LogP contribution is -2.44. The molecule has 1 saturated heterocycles. The van der Waals surface area contributed by atoms with Gasteiger partial charge in [0.2, 0.25) is 0 Å². The number of benzene rings is 1. The molecule has 2 heterocycles. The number of hydrogen-bond donors (Lipinski definition) is 1. The van der Waals surface area contributed by atoms with Crippen LogP contribution in [0.15, 0.2) is 42.6 Å². The number of nitrogens with zero attached hydrogens (tertiary/aromatic N) is 2. The van der Waals surface area contributed by atoms with E-state index in [-0.39, 0.29) is 22.9 Å². The van der Waals surface area contributed by atoms with Gasteiger partial charge in [-0.05, 0) is 36.8 Å². The Kier molecular flexibility index (Phi) is 4.29. The molecule has 118 valence electrons. The van der Waals surface area contributed by atoms with Crippen LogP contribution in [-0.4, -0.2) is 27.6 Å². The molecule has 0 radical (unpaired) electrons. The SMILES string of the molecule is Cc1ccc(C(=O)NN2C(=O)CSC2c2ccc(F)cc2)cn1. The van der Waals surface area contributed by atoms with Gasteiger partial charge in [0, 0.05) is 11.9 Å². The van der Waals surface area contributed by atoms with E-state index in [0.29, 0.717) is 5.56 Å². The molecule has 1 atom stereocenters. The summed E-state index contributed by atoms with van der Waals surface area (Å²) in [5.41, 5.74) is 4.55. The Morgan fingerprint density at radius 2 is 2.04 bits per heavy atom. The average Bonchev–Trinajstić information content (AvgIpc) is 2.90. The molecule has 1 fully saturated rings.